The van der Waals surface area contributed by atoms with Crippen LogP contribution in [0, 0.1) is 24.7 Å². The maximum atomic E-state index is 14.2. The Bertz CT molecular complexity index is 1160. The van der Waals surface area contributed by atoms with Gasteiger partial charge in [0.05, 0.1) is 26.0 Å². The van der Waals surface area contributed by atoms with Crippen molar-refractivity contribution in [2.24, 2.45) is 17.8 Å². The van der Waals surface area contributed by atoms with E-state index >= 15 is 0 Å². The highest BCUT2D eigenvalue weighted by Crippen LogP contribution is 2.57. The second kappa shape index (κ2) is 11.4. The summed E-state index contributed by atoms with van der Waals surface area (Å²) in [5.41, 5.74) is 2.59. The second-order valence-corrected chi connectivity index (χ2v) is 18.7. The molecule has 0 spiro atoms. The molecule has 1 heterocycles. The van der Waals surface area contributed by atoms with Gasteiger partial charge in [0.25, 0.3) is 0 Å². The van der Waals surface area contributed by atoms with E-state index in [0.29, 0.717) is 29.8 Å². The average molecular weight is 542 g/mol. The molecule has 0 N–H and O–H groups in total. The van der Waals surface area contributed by atoms with E-state index < -0.39 is 18.1 Å². The monoisotopic (exact) mass is 541 g/mol. The summed E-state index contributed by atoms with van der Waals surface area (Å²) in [6.45, 7) is 9.39. The van der Waals surface area contributed by atoms with Crippen LogP contribution in [0.25, 0.3) is 0 Å². The number of hydrogen-bond donors (Lipinski definition) is 0. The molecule has 2 aromatic carbocycles. The summed E-state index contributed by atoms with van der Waals surface area (Å²) in [6, 6.07) is 20.7. The zero-order valence-corrected chi connectivity index (χ0v) is 24.8. The number of methoxy groups -OCH3 is 1. The zero-order valence-electron chi connectivity index (χ0n) is 23.0. The Morgan fingerprint density at radius 3 is 2.14 bits per heavy atom. The summed E-state index contributed by atoms with van der Waals surface area (Å²) >= 11 is 0. The molecule has 2 aliphatic rings. The Labute approximate surface area is 224 Å². The van der Waals surface area contributed by atoms with E-state index in [-0.39, 0.29) is 29.8 Å². The van der Waals surface area contributed by atoms with Gasteiger partial charge in [-0.05, 0) is 61.3 Å². The van der Waals surface area contributed by atoms with Crippen LogP contribution in [-0.2, 0) is 26.0 Å². The van der Waals surface area contributed by atoms with Crippen molar-refractivity contribution in [1.29, 1.82) is 0 Å². The van der Waals surface area contributed by atoms with Crippen molar-refractivity contribution in [3.05, 3.63) is 65.7 Å². The number of hydrogen-bond acceptors (Lipinski definition) is 4. The van der Waals surface area contributed by atoms with Crippen LogP contribution in [0.1, 0.15) is 44.7 Å². The Morgan fingerprint density at radius 2 is 1.57 bits per heavy atom. The van der Waals surface area contributed by atoms with Crippen molar-refractivity contribution < 1.29 is 17.9 Å². The number of carbonyl (C=O) groups is 1. The SMILES string of the molecule is CC[Si](CC)(CC)[C@H]1C[C@H](C(=O)OC)[C@H]2C[C@H](Cc3ccccc3)N(S(=O)(=O)c3ccc(C)cc3)C[C@@H]21. The molecule has 5 atom stereocenters. The maximum Gasteiger partial charge on any atom is 0.308 e. The van der Waals surface area contributed by atoms with Crippen LogP contribution < -0.4 is 0 Å². The number of esters is 1. The minimum absolute atomic E-state index is 0.114. The fourth-order valence-electron chi connectivity index (χ4n) is 7.48. The third-order valence-electron chi connectivity index (χ3n) is 9.78. The summed E-state index contributed by atoms with van der Waals surface area (Å²) in [4.78, 5) is 13.4. The fourth-order valence-corrected chi connectivity index (χ4v) is 14.2. The number of sulfonamides is 1. The fraction of sp³-hybridized carbons (Fsp3) is 0.567. The van der Waals surface area contributed by atoms with Crippen molar-refractivity contribution >= 4 is 24.1 Å². The van der Waals surface area contributed by atoms with Gasteiger partial charge < -0.3 is 4.74 Å². The highest BCUT2D eigenvalue weighted by atomic mass is 32.2. The number of benzene rings is 2. The number of fused-ring (bicyclic) bond motifs is 1. The molecule has 202 valence electrons. The summed E-state index contributed by atoms with van der Waals surface area (Å²) < 4.78 is 35.5. The highest BCUT2D eigenvalue weighted by molar-refractivity contribution is 7.89. The molecule has 2 aromatic rings. The lowest BCUT2D eigenvalue weighted by atomic mass is 9.79. The van der Waals surface area contributed by atoms with Gasteiger partial charge in [0.15, 0.2) is 0 Å². The molecule has 7 heteroatoms. The number of nitrogens with zero attached hydrogens (tertiary/aromatic N) is 1. The summed E-state index contributed by atoms with van der Waals surface area (Å²) in [5, 5.41) is 0. The molecule has 1 aliphatic heterocycles. The molecule has 0 unspecified atom stereocenters. The van der Waals surface area contributed by atoms with Crippen LogP contribution in [0.5, 0.6) is 0 Å². The largest absolute Gasteiger partial charge is 0.469 e. The van der Waals surface area contributed by atoms with Gasteiger partial charge in [0, 0.05) is 12.6 Å². The molecule has 1 saturated carbocycles. The van der Waals surface area contributed by atoms with Crippen LogP contribution in [-0.4, -0.2) is 46.5 Å². The maximum absolute atomic E-state index is 14.2. The Balaban J connectivity index is 1.78. The van der Waals surface area contributed by atoms with Gasteiger partial charge >= 0.3 is 5.97 Å². The Kier molecular flexibility index (Phi) is 8.66. The van der Waals surface area contributed by atoms with Gasteiger partial charge in [-0.3, -0.25) is 4.79 Å². The van der Waals surface area contributed by atoms with Crippen molar-refractivity contribution in [1.82, 2.24) is 4.31 Å². The van der Waals surface area contributed by atoms with Gasteiger partial charge in [-0.25, -0.2) is 8.42 Å². The lowest BCUT2D eigenvalue weighted by Crippen LogP contribution is -2.53. The highest BCUT2D eigenvalue weighted by Gasteiger charge is 2.57. The molecule has 0 bridgehead atoms. The molecule has 1 aliphatic carbocycles. The van der Waals surface area contributed by atoms with Crippen LogP contribution in [0.4, 0.5) is 0 Å². The first-order valence-electron chi connectivity index (χ1n) is 13.9. The van der Waals surface area contributed by atoms with Gasteiger partial charge in [0.2, 0.25) is 10.0 Å². The van der Waals surface area contributed by atoms with E-state index in [1.165, 1.54) is 25.2 Å². The molecule has 5 nitrogen and oxygen atoms in total. The van der Waals surface area contributed by atoms with Gasteiger partial charge in [-0.15, -0.1) is 0 Å². The normalized spacial score (nSPS) is 26.6. The zero-order chi connectivity index (χ0) is 26.8. The number of rotatable bonds is 9. The lowest BCUT2D eigenvalue weighted by Gasteiger charge is -2.46. The Hall–Kier alpha value is -1.96. The molecular weight excluding hydrogens is 498 g/mol. The molecular formula is C30H43NO4SSi. The van der Waals surface area contributed by atoms with Gasteiger partial charge in [-0.2, -0.15) is 4.31 Å². The van der Waals surface area contributed by atoms with E-state index in [2.05, 4.69) is 32.9 Å². The van der Waals surface area contributed by atoms with Gasteiger partial charge in [-0.1, -0.05) is 86.9 Å². The van der Waals surface area contributed by atoms with E-state index in [1.54, 1.807) is 16.4 Å². The minimum atomic E-state index is -3.69. The topological polar surface area (TPSA) is 63.7 Å². The number of aryl methyl sites for hydroxylation is 1. The van der Waals surface area contributed by atoms with E-state index in [1.807, 2.05) is 37.3 Å². The first kappa shape index (κ1) is 28.1. The quantitative estimate of drug-likeness (QED) is 0.276. The molecule has 2 fully saturated rings. The van der Waals surface area contributed by atoms with Crippen molar-refractivity contribution in [3.8, 4) is 0 Å². The van der Waals surface area contributed by atoms with Crippen LogP contribution in [0.15, 0.2) is 59.5 Å². The van der Waals surface area contributed by atoms with Crippen LogP contribution in [0.3, 0.4) is 0 Å². The predicted octanol–water partition coefficient (Wildman–Crippen LogP) is 6.30. The summed E-state index contributed by atoms with van der Waals surface area (Å²) in [7, 11) is -3.89. The molecule has 37 heavy (non-hydrogen) atoms. The van der Waals surface area contributed by atoms with Crippen LogP contribution >= 0.6 is 0 Å². The number of carbonyl (C=O) groups excluding carboxylic acids is 1. The molecule has 1 saturated heterocycles. The standard InChI is InChI=1S/C30H43NO4SSi/c1-6-37(7-2,8-3)29-20-27(30(32)35-5)26-19-24(18-23-12-10-9-11-13-23)31(21-28(26)29)36(33,34)25-16-14-22(4)15-17-25/h9-17,24,26-29H,6-8,18-21H2,1-5H3/t24-,26+,27-,28-,29-/m0/s1. The Morgan fingerprint density at radius 1 is 0.946 bits per heavy atom. The van der Waals surface area contributed by atoms with Crippen LogP contribution in [0.2, 0.25) is 23.7 Å². The first-order valence-corrected chi connectivity index (χ1v) is 18.0. The lowest BCUT2D eigenvalue weighted by molar-refractivity contribution is -0.147. The molecule has 0 amide bonds. The van der Waals surface area contributed by atoms with E-state index in [0.717, 1.165) is 17.5 Å². The van der Waals surface area contributed by atoms with Crippen molar-refractivity contribution in [3.63, 3.8) is 0 Å². The minimum Gasteiger partial charge on any atom is -0.469 e. The van der Waals surface area contributed by atoms with E-state index in [9.17, 15) is 13.2 Å². The second-order valence-electron chi connectivity index (χ2n) is 11.2. The van der Waals surface area contributed by atoms with E-state index in [4.69, 9.17) is 4.74 Å². The molecule has 0 radical (unpaired) electrons. The van der Waals surface area contributed by atoms with Crippen molar-refractivity contribution in [2.75, 3.05) is 13.7 Å². The van der Waals surface area contributed by atoms with Gasteiger partial charge in [0.1, 0.15) is 0 Å². The molecule has 0 aromatic heterocycles. The summed E-state index contributed by atoms with van der Waals surface area (Å²) in [5.74, 6) is 0.103. The average Bonchev–Trinajstić information content (AvgIpc) is 3.29. The third kappa shape index (κ3) is 5.32. The number of piperidine rings is 1. The third-order valence-corrected chi connectivity index (χ3v) is 18.2. The van der Waals surface area contributed by atoms with Crippen molar-refractivity contribution in [2.45, 2.75) is 81.6 Å². The smallest absolute Gasteiger partial charge is 0.308 e. The number of ether oxygens (including phenoxy) is 1. The molecule has 4 rings (SSSR count). The first-order chi connectivity index (χ1) is 17.7. The summed E-state index contributed by atoms with van der Waals surface area (Å²) in [6.07, 6.45) is 2.19. The predicted molar refractivity (Wildman–Crippen MR) is 152 cm³/mol.